The summed E-state index contributed by atoms with van der Waals surface area (Å²) in [5, 5.41) is 2.62. The second-order valence-electron chi connectivity index (χ2n) is 12.1. The van der Waals surface area contributed by atoms with Gasteiger partial charge in [0, 0.05) is 5.56 Å². The van der Waals surface area contributed by atoms with Crippen LogP contribution in [0.5, 0.6) is 0 Å². The second-order valence-corrected chi connectivity index (χ2v) is 17.7. The molecule has 0 saturated carbocycles. The van der Waals surface area contributed by atoms with Crippen molar-refractivity contribution < 1.29 is 0 Å². The third-order valence-electron chi connectivity index (χ3n) is 6.96. The van der Waals surface area contributed by atoms with Crippen molar-refractivity contribution in [2.24, 2.45) is 0 Å². The Morgan fingerprint density at radius 3 is 1.67 bits per heavy atom. The minimum atomic E-state index is -1.78. The maximum Gasteiger partial charge on any atom is 0.146 e. The van der Waals surface area contributed by atoms with Gasteiger partial charge in [-0.15, -0.1) is 5.54 Å². The normalized spacial score (nSPS) is 13.3. The molecule has 30 heavy (non-hydrogen) atoms. The first-order chi connectivity index (χ1) is 13.6. The second kappa shape index (κ2) is 8.55. The Labute approximate surface area is 187 Å². The van der Waals surface area contributed by atoms with Crippen LogP contribution in [0.3, 0.4) is 0 Å². The van der Waals surface area contributed by atoms with Gasteiger partial charge in [-0.05, 0) is 49.4 Å². The van der Waals surface area contributed by atoms with Gasteiger partial charge in [0.25, 0.3) is 0 Å². The number of hydrogen-bond acceptors (Lipinski definition) is 0. The van der Waals surface area contributed by atoms with Crippen molar-refractivity contribution in [3.8, 4) is 11.5 Å². The van der Waals surface area contributed by atoms with E-state index >= 15 is 0 Å². The van der Waals surface area contributed by atoms with Crippen LogP contribution < -0.4 is 0 Å². The summed E-state index contributed by atoms with van der Waals surface area (Å²) in [6.07, 6.45) is 0. The van der Waals surface area contributed by atoms with Crippen LogP contribution in [0.2, 0.25) is 16.6 Å². The lowest BCUT2D eigenvalue weighted by atomic mass is 9.80. The fourth-order valence-electron chi connectivity index (χ4n) is 5.16. The molecule has 0 atom stereocenters. The number of rotatable bonds is 3. The van der Waals surface area contributed by atoms with Gasteiger partial charge < -0.3 is 0 Å². The highest BCUT2D eigenvalue weighted by molar-refractivity contribution is 6.90. The molecule has 0 aliphatic heterocycles. The molecule has 0 amide bonds. The molecule has 164 valence electrons. The zero-order chi connectivity index (χ0) is 23.1. The molecule has 1 heteroatoms. The van der Waals surface area contributed by atoms with E-state index in [1.165, 1.54) is 27.5 Å². The molecule has 0 N–H and O–H groups in total. The summed E-state index contributed by atoms with van der Waals surface area (Å²) in [5.41, 5.74) is 10.1. The smallest absolute Gasteiger partial charge is 0.125 e. The van der Waals surface area contributed by atoms with E-state index in [0.717, 1.165) is 0 Å². The van der Waals surface area contributed by atoms with Gasteiger partial charge in [0.1, 0.15) is 8.07 Å². The molecular formula is C29H44Si. The van der Waals surface area contributed by atoms with E-state index in [4.69, 9.17) is 0 Å². The Hall–Kier alpha value is -1.52. The quantitative estimate of drug-likeness (QED) is 0.343. The Kier molecular flexibility index (Phi) is 7.05. The van der Waals surface area contributed by atoms with Crippen LogP contribution in [0.15, 0.2) is 30.3 Å². The molecule has 2 aromatic rings. The van der Waals surface area contributed by atoms with Crippen molar-refractivity contribution >= 4 is 18.8 Å². The minimum Gasteiger partial charge on any atom is -0.125 e. The predicted molar refractivity (Wildman–Crippen MR) is 139 cm³/mol. The summed E-state index contributed by atoms with van der Waals surface area (Å²) in [4.78, 5) is 0. The maximum atomic E-state index is 3.99. The zero-order valence-electron chi connectivity index (χ0n) is 21.6. The summed E-state index contributed by atoms with van der Waals surface area (Å²) in [5.74, 6) is 3.82. The Morgan fingerprint density at radius 2 is 1.23 bits per heavy atom. The first kappa shape index (κ1) is 24.7. The first-order valence-corrected chi connectivity index (χ1v) is 14.0. The molecule has 0 spiro atoms. The summed E-state index contributed by atoms with van der Waals surface area (Å²) in [6, 6.07) is 11.6. The van der Waals surface area contributed by atoms with Gasteiger partial charge in [0.05, 0.1) is 0 Å². The van der Waals surface area contributed by atoms with Crippen molar-refractivity contribution in [3.05, 3.63) is 47.0 Å². The zero-order valence-corrected chi connectivity index (χ0v) is 22.6. The van der Waals surface area contributed by atoms with E-state index in [-0.39, 0.29) is 10.8 Å². The van der Waals surface area contributed by atoms with Crippen LogP contribution in [0, 0.1) is 11.5 Å². The largest absolute Gasteiger partial charge is 0.146 e. The first-order valence-electron chi connectivity index (χ1n) is 11.7. The molecule has 0 fully saturated rings. The monoisotopic (exact) mass is 420 g/mol. The molecule has 0 radical (unpaired) electrons. The maximum absolute atomic E-state index is 3.99. The lowest BCUT2D eigenvalue weighted by molar-refractivity contribution is 0.588. The summed E-state index contributed by atoms with van der Waals surface area (Å²) < 4.78 is 0. The molecule has 0 heterocycles. The van der Waals surface area contributed by atoms with Crippen molar-refractivity contribution in [1.29, 1.82) is 0 Å². The van der Waals surface area contributed by atoms with Crippen LogP contribution >= 0.6 is 0 Å². The third kappa shape index (κ3) is 4.70. The van der Waals surface area contributed by atoms with Crippen LogP contribution in [-0.4, -0.2) is 8.07 Å². The van der Waals surface area contributed by atoms with E-state index < -0.39 is 8.07 Å². The lowest BCUT2D eigenvalue weighted by Crippen LogP contribution is -2.43. The van der Waals surface area contributed by atoms with Crippen LogP contribution in [-0.2, 0) is 10.8 Å². The third-order valence-corrected chi connectivity index (χ3v) is 13.3. The minimum absolute atomic E-state index is 0.0681. The van der Waals surface area contributed by atoms with E-state index in [0.29, 0.717) is 16.6 Å². The fourth-order valence-corrected chi connectivity index (χ4v) is 10.4. The Morgan fingerprint density at radius 1 is 0.700 bits per heavy atom. The van der Waals surface area contributed by atoms with Crippen LogP contribution in [0.4, 0.5) is 0 Å². The Balaban J connectivity index is 2.86. The molecule has 0 unspecified atom stereocenters. The van der Waals surface area contributed by atoms with Crippen molar-refractivity contribution in [3.63, 3.8) is 0 Å². The average Bonchev–Trinajstić information content (AvgIpc) is 2.58. The molecule has 0 saturated heterocycles. The molecule has 0 aromatic heterocycles. The van der Waals surface area contributed by atoms with Gasteiger partial charge in [0.15, 0.2) is 0 Å². The number of fused-ring (bicyclic) bond motifs is 1. The highest BCUT2D eigenvalue weighted by Crippen LogP contribution is 2.41. The molecule has 0 nitrogen and oxygen atoms in total. The van der Waals surface area contributed by atoms with Gasteiger partial charge in [-0.1, -0.05) is 119 Å². The van der Waals surface area contributed by atoms with E-state index in [1.54, 1.807) is 0 Å². The summed E-state index contributed by atoms with van der Waals surface area (Å²) in [7, 11) is -1.78. The molecule has 2 rings (SSSR count). The molecular weight excluding hydrogens is 376 g/mol. The van der Waals surface area contributed by atoms with E-state index in [2.05, 4.69) is 125 Å². The predicted octanol–water partition coefficient (Wildman–Crippen LogP) is 9.00. The van der Waals surface area contributed by atoms with Gasteiger partial charge in [-0.25, -0.2) is 0 Å². The van der Waals surface area contributed by atoms with Crippen LogP contribution in [0.25, 0.3) is 10.8 Å². The van der Waals surface area contributed by atoms with Gasteiger partial charge in [-0.2, -0.15) is 0 Å². The molecule has 2 aromatic carbocycles. The van der Waals surface area contributed by atoms with E-state index in [9.17, 15) is 0 Å². The number of hydrogen-bond donors (Lipinski definition) is 0. The topological polar surface area (TPSA) is 0 Å². The van der Waals surface area contributed by atoms with Gasteiger partial charge >= 0.3 is 0 Å². The van der Waals surface area contributed by atoms with Crippen molar-refractivity contribution in [2.45, 2.75) is 111 Å². The molecule has 0 aliphatic carbocycles. The summed E-state index contributed by atoms with van der Waals surface area (Å²) >= 11 is 0. The van der Waals surface area contributed by atoms with Crippen molar-refractivity contribution in [1.82, 2.24) is 0 Å². The highest BCUT2D eigenvalue weighted by atomic mass is 28.3. The van der Waals surface area contributed by atoms with Gasteiger partial charge in [-0.3, -0.25) is 0 Å². The average molecular weight is 421 g/mol. The lowest BCUT2D eigenvalue weighted by Gasteiger charge is -2.38. The van der Waals surface area contributed by atoms with Gasteiger partial charge in [0.2, 0.25) is 0 Å². The van der Waals surface area contributed by atoms with E-state index in [1.807, 2.05) is 0 Å². The fraction of sp³-hybridized carbons (Fsp3) is 0.586. The van der Waals surface area contributed by atoms with Crippen molar-refractivity contribution in [2.75, 3.05) is 0 Å². The van der Waals surface area contributed by atoms with Crippen LogP contribution in [0.1, 0.15) is 99.8 Å². The molecule has 0 aliphatic rings. The SMILES string of the molecule is CC(C)[Si](C#Cc1c(C(C)(C)C)ccc2cc(C(C)(C)C)ccc12)(C(C)C)C(C)C. The highest BCUT2D eigenvalue weighted by Gasteiger charge is 2.41. The Bertz CT molecular complexity index is 928. The number of benzene rings is 2. The standard InChI is InChI=1S/C29H44Si/c1-20(2)30(21(3)4,22(5)6)18-17-26-25-15-14-24(28(7,8)9)19-23(25)13-16-27(26)29(10,11)12/h13-16,19-22H,1-12H3. The molecule has 0 bridgehead atoms. The summed E-state index contributed by atoms with van der Waals surface area (Å²) in [6.45, 7) is 28.1.